The van der Waals surface area contributed by atoms with Crippen LogP contribution in [-0.4, -0.2) is 27.4 Å². The highest BCUT2D eigenvalue weighted by Crippen LogP contribution is 2.39. The van der Waals surface area contributed by atoms with Gasteiger partial charge in [-0.15, -0.1) is 0 Å². The van der Waals surface area contributed by atoms with E-state index in [1.165, 1.54) is 6.92 Å². The lowest BCUT2D eigenvalue weighted by Gasteiger charge is -2.15. The number of carbonyl (C=O) groups excluding carboxylic acids is 2. The Labute approximate surface area is 127 Å². The van der Waals surface area contributed by atoms with Gasteiger partial charge in [0.15, 0.2) is 0 Å². The SMILES string of the molecule is C[C@@H](NCc1cc(Br)cc2c1=NC(=O)C(=O)N=2)P(=O)(O)O. The van der Waals surface area contributed by atoms with E-state index in [2.05, 4.69) is 31.2 Å². The zero-order valence-corrected chi connectivity index (χ0v) is 13.3. The second-order valence-corrected chi connectivity index (χ2v) is 7.28. The van der Waals surface area contributed by atoms with Crippen LogP contribution in [0.15, 0.2) is 26.6 Å². The Kier molecular flexibility index (Phi) is 4.50. The Morgan fingerprint density at radius 3 is 2.52 bits per heavy atom. The van der Waals surface area contributed by atoms with E-state index in [1.54, 1.807) is 12.1 Å². The van der Waals surface area contributed by atoms with Crippen LogP contribution in [0.5, 0.6) is 0 Å². The first-order chi connectivity index (χ1) is 9.68. The number of benzene rings is 1. The van der Waals surface area contributed by atoms with Crippen LogP contribution in [0.3, 0.4) is 0 Å². The van der Waals surface area contributed by atoms with Crippen LogP contribution in [0.25, 0.3) is 0 Å². The summed E-state index contributed by atoms with van der Waals surface area (Å²) in [6.45, 7) is 1.41. The molecular weight excluding hydrogens is 365 g/mol. The average Bonchev–Trinajstić information content (AvgIpc) is 2.36. The van der Waals surface area contributed by atoms with Crippen molar-refractivity contribution in [1.29, 1.82) is 0 Å². The molecule has 0 saturated carbocycles. The van der Waals surface area contributed by atoms with Gasteiger partial charge in [0.1, 0.15) is 5.78 Å². The van der Waals surface area contributed by atoms with Gasteiger partial charge in [-0.1, -0.05) is 15.9 Å². The predicted octanol–water partition coefficient (Wildman–Crippen LogP) is -0.632. The molecule has 1 heterocycles. The standard InChI is InChI=1S/C11H11BrN3O5P/c1-5(21(18,19)20)13-4-6-2-7(12)3-8-9(6)15-11(17)10(16)14-8/h2-3,5,13H,4H2,1H3,(H2,18,19,20)/t5-/m0/s1. The highest BCUT2D eigenvalue weighted by atomic mass is 79.9. The fraction of sp³-hybridized carbons (Fsp3) is 0.273. The molecule has 10 heteroatoms. The number of hydrogen-bond acceptors (Lipinski definition) is 4. The molecule has 2 amide bonds. The summed E-state index contributed by atoms with van der Waals surface area (Å²) >= 11 is 3.24. The molecule has 1 aliphatic rings. The number of rotatable bonds is 4. The maximum absolute atomic E-state index is 11.3. The lowest BCUT2D eigenvalue weighted by atomic mass is 10.2. The quantitative estimate of drug-likeness (QED) is 0.474. The molecule has 0 unspecified atom stereocenters. The molecule has 3 N–H and O–H groups in total. The molecular formula is C11H11BrN3O5P. The van der Waals surface area contributed by atoms with Crippen molar-refractivity contribution < 1.29 is 23.9 Å². The Morgan fingerprint density at radius 2 is 1.90 bits per heavy atom. The van der Waals surface area contributed by atoms with Crippen LogP contribution < -0.4 is 16.0 Å². The van der Waals surface area contributed by atoms with Gasteiger partial charge in [-0.3, -0.25) is 19.5 Å². The molecule has 1 aromatic carbocycles. The van der Waals surface area contributed by atoms with Gasteiger partial charge in [0.05, 0.1) is 10.7 Å². The first-order valence-electron chi connectivity index (χ1n) is 5.81. The van der Waals surface area contributed by atoms with Crippen molar-refractivity contribution >= 4 is 35.3 Å². The summed E-state index contributed by atoms with van der Waals surface area (Å²) in [4.78, 5) is 47.9. The topological polar surface area (TPSA) is 128 Å². The summed E-state index contributed by atoms with van der Waals surface area (Å²) in [6, 6.07) is 3.18. The van der Waals surface area contributed by atoms with Crippen LogP contribution in [0.2, 0.25) is 0 Å². The minimum atomic E-state index is -4.25. The zero-order chi connectivity index (χ0) is 15.8. The van der Waals surface area contributed by atoms with E-state index in [0.29, 0.717) is 10.0 Å². The molecule has 0 spiro atoms. The van der Waals surface area contributed by atoms with Gasteiger partial charge in [-0.05, 0) is 24.6 Å². The van der Waals surface area contributed by atoms with Gasteiger partial charge in [0, 0.05) is 11.0 Å². The normalized spacial score (nSPS) is 16.0. The largest absolute Gasteiger partial charge is 0.342 e. The lowest BCUT2D eigenvalue weighted by molar-refractivity contribution is -0.135. The van der Waals surface area contributed by atoms with Gasteiger partial charge >= 0.3 is 19.4 Å². The van der Waals surface area contributed by atoms with E-state index in [4.69, 9.17) is 9.79 Å². The van der Waals surface area contributed by atoms with E-state index in [-0.39, 0.29) is 17.3 Å². The Bertz CT molecular complexity index is 788. The maximum Gasteiger partial charge on any atom is 0.342 e. The number of halogens is 1. The smallest absolute Gasteiger partial charge is 0.323 e. The molecule has 112 valence electrons. The molecule has 0 radical (unpaired) electrons. The van der Waals surface area contributed by atoms with Crippen molar-refractivity contribution in [1.82, 2.24) is 5.32 Å². The molecule has 0 aliphatic carbocycles. The highest BCUT2D eigenvalue weighted by molar-refractivity contribution is 9.10. The number of fused-ring (bicyclic) bond motifs is 1. The number of amides is 2. The molecule has 2 rings (SSSR count). The summed E-state index contributed by atoms with van der Waals surface area (Å²) in [7, 11) is -4.25. The van der Waals surface area contributed by atoms with Crippen LogP contribution in [0, 0.1) is 0 Å². The Balaban J connectivity index is 2.41. The van der Waals surface area contributed by atoms with Crippen molar-refractivity contribution in [3.8, 4) is 0 Å². The highest BCUT2D eigenvalue weighted by Gasteiger charge is 2.24. The van der Waals surface area contributed by atoms with E-state index in [0.717, 1.165) is 0 Å². The monoisotopic (exact) mass is 375 g/mol. The summed E-state index contributed by atoms with van der Waals surface area (Å²) in [5.41, 5.74) is 0.504. The van der Waals surface area contributed by atoms with Crippen LogP contribution in [-0.2, 0) is 20.7 Å². The van der Waals surface area contributed by atoms with E-state index in [9.17, 15) is 14.2 Å². The summed E-state index contributed by atoms with van der Waals surface area (Å²) < 4.78 is 11.7. The summed E-state index contributed by atoms with van der Waals surface area (Å²) in [5.74, 6) is -2.96. The van der Waals surface area contributed by atoms with Gasteiger partial charge in [0.2, 0.25) is 0 Å². The maximum atomic E-state index is 11.3. The van der Waals surface area contributed by atoms with Crippen molar-refractivity contribution in [2.45, 2.75) is 19.3 Å². The van der Waals surface area contributed by atoms with E-state index in [1.807, 2.05) is 0 Å². The summed E-state index contributed by atoms with van der Waals surface area (Å²) in [6.07, 6.45) is 0. The minimum Gasteiger partial charge on any atom is -0.323 e. The Hall–Kier alpha value is -1.25. The number of hydrogen-bond donors (Lipinski definition) is 3. The molecule has 0 aromatic heterocycles. The summed E-state index contributed by atoms with van der Waals surface area (Å²) in [5, 5.41) is 3.14. The van der Waals surface area contributed by atoms with Crippen molar-refractivity contribution in [2.75, 3.05) is 0 Å². The third-order valence-corrected chi connectivity index (χ3v) is 4.49. The molecule has 0 fully saturated rings. The fourth-order valence-electron chi connectivity index (χ4n) is 1.67. The van der Waals surface area contributed by atoms with Gasteiger partial charge in [-0.25, -0.2) is 9.98 Å². The van der Waals surface area contributed by atoms with Crippen molar-refractivity contribution in [3.63, 3.8) is 0 Å². The molecule has 1 aromatic rings. The Morgan fingerprint density at radius 1 is 1.29 bits per heavy atom. The van der Waals surface area contributed by atoms with E-state index < -0.39 is 25.2 Å². The number of carbonyl (C=O) groups is 2. The van der Waals surface area contributed by atoms with Crippen molar-refractivity contribution in [3.05, 3.63) is 32.9 Å². The van der Waals surface area contributed by atoms with Crippen LogP contribution >= 0.6 is 23.5 Å². The predicted molar refractivity (Wildman–Crippen MR) is 74.8 cm³/mol. The van der Waals surface area contributed by atoms with Crippen LogP contribution in [0.4, 0.5) is 0 Å². The lowest BCUT2D eigenvalue weighted by Crippen LogP contribution is -2.39. The molecule has 21 heavy (non-hydrogen) atoms. The van der Waals surface area contributed by atoms with Gasteiger partial charge < -0.3 is 9.79 Å². The molecule has 8 nitrogen and oxygen atoms in total. The first-order valence-corrected chi connectivity index (χ1v) is 8.28. The van der Waals surface area contributed by atoms with Crippen LogP contribution in [0.1, 0.15) is 12.5 Å². The second-order valence-electron chi connectivity index (χ2n) is 4.41. The molecule has 1 atom stereocenters. The fourth-order valence-corrected chi connectivity index (χ4v) is 2.49. The second kappa shape index (κ2) is 5.86. The number of nitrogens with one attached hydrogen (secondary N) is 1. The average molecular weight is 376 g/mol. The van der Waals surface area contributed by atoms with E-state index >= 15 is 0 Å². The minimum absolute atomic E-state index is 0.0640. The molecule has 0 saturated heterocycles. The third kappa shape index (κ3) is 3.69. The number of nitrogens with zero attached hydrogens (tertiary/aromatic N) is 2. The van der Waals surface area contributed by atoms with Crippen molar-refractivity contribution in [2.24, 2.45) is 9.98 Å². The first kappa shape index (κ1) is 16.1. The van der Waals surface area contributed by atoms with Gasteiger partial charge in [-0.2, -0.15) is 0 Å². The molecule has 0 bridgehead atoms. The molecule has 1 aliphatic heterocycles. The zero-order valence-electron chi connectivity index (χ0n) is 10.8. The van der Waals surface area contributed by atoms with Gasteiger partial charge in [0.25, 0.3) is 0 Å². The third-order valence-electron chi connectivity index (χ3n) is 2.84.